The molecule has 2 aromatic carbocycles. The molecule has 0 aromatic heterocycles. The molecule has 0 unspecified atom stereocenters. The lowest BCUT2D eigenvalue weighted by Gasteiger charge is -2.05. The van der Waals surface area contributed by atoms with Crippen LogP contribution in [0.15, 0.2) is 46.2 Å². The van der Waals surface area contributed by atoms with Crippen LogP contribution in [0.3, 0.4) is 0 Å². The van der Waals surface area contributed by atoms with Crippen LogP contribution in [0.2, 0.25) is 0 Å². The van der Waals surface area contributed by atoms with Gasteiger partial charge in [-0.1, -0.05) is 11.8 Å². The summed E-state index contributed by atoms with van der Waals surface area (Å²) in [6.45, 7) is 0. The highest BCUT2D eigenvalue weighted by Crippen LogP contribution is 2.34. The number of hydrogen-bond acceptors (Lipinski definition) is 5. The number of carbonyl (C=O) groups excluding carboxylic acids is 4. The van der Waals surface area contributed by atoms with Crippen LogP contribution in [0, 0.1) is 0 Å². The standard InChI is InChI=1S/C18H10O4S/c19-15-7-17(21)13-5-9(1-3-11(13)15)23-10-2-4-12-14(6-10)18(22)8-16(12)20/h1-6H,7-8H2. The Hall–Kier alpha value is -2.53. The van der Waals surface area contributed by atoms with Crippen molar-refractivity contribution in [3.63, 3.8) is 0 Å². The minimum Gasteiger partial charge on any atom is -0.294 e. The summed E-state index contributed by atoms with van der Waals surface area (Å²) in [6.07, 6.45) is -0.113. The highest BCUT2D eigenvalue weighted by atomic mass is 32.2. The number of carbonyl (C=O) groups is 4. The Morgan fingerprint density at radius 2 is 0.957 bits per heavy atom. The summed E-state index contributed by atoms with van der Waals surface area (Å²) in [6, 6.07) is 10.4. The Labute approximate surface area is 135 Å². The van der Waals surface area contributed by atoms with Gasteiger partial charge >= 0.3 is 0 Å². The molecule has 4 rings (SSSR count). The first-order valence-electron chi connectivity index (χ1n) is 7.12. The molecule has 0 aliphatic heterocycles. The number of hydrogen-bond donors (Lipinski definition) is 0. The summed E-state index contributed by atoms with van der Waals surface area (Å²) in [7, 11) is 0. The maximum absolute atomic E-state index is 11.8. The number of benzene rings is 2. The van der Waals surface area contributed by atoms with Crippen LogP contribution in [0.25, 0.3) is 0 Å². The molecule has 23 heavy (non-hydrogen) atoms. The van der Waals surface area contributed by atoms with Gasteiger partial charge < -0.3 is 0 Å². The highest BCUT2D eigenvalue weighted by Gasteiger charge is 2.28. The van der Waals surface area contributed by atoms with Crippen molar-refractivity contribution in [1.82, 2.24) is 0 Å². The summed E-state index contributed by atoms with van der Waals surface area (Å²) in [5, 5.41) is 0. The molecule has 0 N–H and O–H groups in total. The first kappa shape index (κ1) is 14.1. The van der Waals surface area contributed by atoms with Gasteiger partial charge in [0.1, 0.15) is 0 Å². The molecular formula is C18H10O4S. The fraction of sp³-hybridized carbons (Fsp3) is 0.111. The zero-order valence-electron chi connectivity index (χ0n) is 11.9. The molecule has 2 aliphatic rings. The summed E-state index contributed by atoms with van der Waals surface area (Å²) in [5.41, 5.74) is 1.89. The van der Waals surface area contributed by atoms with Crippen molar-refractivity contribution >= 4 is 34.9 Å². The summed E-state index contributed by atoms with van der Waals surface area (Å²) < 4.78 is 0. The first-order chi connectivity index (χ1) is 11.0. The molecule has 0 saturated heterocycles. The molecule has 0 spiro atoms. The van der Waals surface area contributed by atoms with Crippen molar-refractivity contribution in [3.8, 4) is 0 Å². The lowest BCUT2D eigenvalue weighted by atomic mass is 10.1. The molecule has 5 heteroatoms. The van der Waals surface area contributed by atoms with E-state index in [0.29, 0.717) is 22.3 Å². The molecule has 2 aromatic rings. The monoisotopic (exact) mass is 322 g/mol. The molecule has 0 saturated carbocycles. The van der Waals surface area contributed by atoms with E-state index in [1.807, 2.05) is 0 Å². The Morgan fingerprint density at radius 3 is 1.39 bits per heavy atom. The van der Waals surface area contributed by atoms with Crippen molar-refractivity contribution in [2.45, 2.75) is 22.6 Å². The van der Waals surface area contributed by atoms with E-state index in [4.69, 9.17) is 0 Å². The number of ketones is 4. The molecule has 0 amide bonds. The summed E-state index contributed by atoms with van der Waals surface area (Å²) in [5.74, 6) is -0.573. The third kappa shape index (κ3) is 2.24. The molecule has 0 bridgehead atoms. The second kappa shape index (κ2) is 4.99. The van der Waals surface area contributed by atoms with Gasteiger partial charge in [0.05, 0.1) is 12.8 Å². The second-order valence-electron chi connectivity index (χ2n) is 5.56. The maximum Gasteiger partial charge on any atom is 0.171 e. The quantitative estimate of drug-likeness (QED) is 0.793. The zero-order chi connectivity index (χ0) is 16.1. The number of fused-ring (bicyclic) bond motifs is 2. The Bertz CT molecular complexity index is 851. The molecular weight excluding hydrogens is 312 g/mol. The minimum atomic E-state index is -0.151. The molecule has 2 aliphatic carbocycles. The Balaban J connectivity index is 1.68. The largest absolute Gasteiger partial charge is 0.294 e. The van der Waals surface area contributed by atoms with Gasteiger partial charge in [-0.15, -0.1) is 0 Å². The van der Waals surface area contributed by atoms with E-state index in [1.54, 1.807) is 36.4 Å². The van der Waals surface area contributed by atoms with E-state index < -0.39 is 0 Å². The van der Waals surface area contributed by atoms with E-state index in [2.05, 4.69) is 0 Å². The number of rotatable bonds is 2. The van der Waals surface area contributed by atoms with E-state index in [1.165, 1.54) is 11.8 Å². The fourth-order valence-corrected chi connectivity index (χ4v) is 3.83. The lowest BCUT2D eigenvalue weighted by Crippen LogP contribution is -1.92. The third-order valence-corrected chi connectivity index (χ3v) is 5.04. The van der Waals surface area contributed by atoms with Gasteiger partial charge in [0.15, 0.2) is 23.1 Å². The van der Waals surface area contributed by atoms with Gasteiger partial charge in [0.2, 0.25) is 0 Å². The van der Waals surface area contributed by atoms with Gasteiger partial charge in [-0.2, -0.15) is 0 Å². The number of Topliss-reactive ketones (excluding diaryl/α,β-unsaturated/α-hetero) is 4. The maximum atomic E-state index is 11.8. The van der Waals surface area contributed by atoms with E-state index in [9.17, 15) is 19.2 Å². The molecule has 0 radical (unpaired) electrons. The van der Waals surface area contributed by atoms with Gasteiger partial charge in [-0.3, -0.25) is 19.2 Å². The molecule has 0 atom stereocenters. The normalized spacial score (nSPS) is 16.0. The lowest BCUT2D eigenvalue weighted by molar-refractivity contribution is 0.0906. The van der Waals surface area contributed by atoms with Crippen LogP contribution in [-0.2, 0) is 0 Å². The average molecular weight is 322 g/mol. The van der Waals surface area contributed by atoms with Crippen molar-refractivity contribution in [1.29, 1.82) is 0 Å². The third-order valence-electron chi connectivity index (χ3n) is 4.06. The van der Waals surface area contributed by atoms with E-state index >= 15 is 0 Å². The molecule has 4 nitrogen and oxygen atoms in total. The molecule has 0 fully saturated rings. The van der Waals surface area contributed by atoms with Crippen molar-refractivity contribution < 1.29 is 19.2 Å². The van der Waals surface area contributed by atoms with Crippen LogP contribution in [0.1, 0.15) is 54.3 Å². The highest BCUT2D eigenvalue weighted by molar-refractivity contribution is 7.99. The first-order valence-corrected chi connectivity index (χ1v) is 7.93. The SMILES string of the molecule is O=C1CC(=O)c2cc(Sc3ccc4c(c3)C(=O)CC4=O)ccc21. The van der Waals surface area contributed by atoms with Gasteiger partial charge in [-0.25, -0.2) is 0 Å². The molecule has 0 heterocycles. The van der Waals surface area contributed by atoms with Crippen LogP contribution in [-0.4, -0.2) is 23.1 Å². The van der Waals surface area contributed by atoms with Crippen LogP contribution >= 0.6 is 11.8 Å². The molecule has 112 valence electrons. The minimum absolute atomic E-state index is 0.0566. The van der Waals surface area contributed by atoms with Crippen LogP contribution in [0.5, 0.6) is 0 Å². The average Bonchev–Trinajstić information content (AvgIpc) is 2.96. The topological polar surface area (TPSA) is 68.3 Å². The Morgan fingerprint density at radius 1 is 0.565 bits per heavy atom. The van der Waals surface area contributed by atoms with Gasteiger partial charge in [0, 0.05) is 32.0 Å². The smallest absolute Gasteiger partial charge is 0.171 e. The van der Waals surface area contributed by atoms with Crippen LogP contribution in [0.4, 0.5) is 0 Å². The van der Waals surface area contributed by atoms with E-state index in [-0.39, 0.29) is 36.0 Å². The van der Waals surface area contributed by atoms with E-state index in [0.717, 1.165) is 9.79 Å². The van der Waals surface area contributed by atoms with Gasteiger partial charge in [-0.05, 0) is 36.4 Å². The van der Waals surface area contributed by atoms with Crippen molar-refractivity contribution in [2.24, 2.45) is 0 Å². The fourth-order valence-electron chi connectivity index (χ4n) is 2.93. The van der Waals surface area contributed by atoms with Crippen molar-refractivity contribution in [2.75, 3.05) is 0 Å². The zero-order valence-corrected chi connectivity index (χ0v) is 12.7. The van der Waals surface area contributed by atoms with Crippen LogP contribution < -0.4 is 0 Å². The summed E-state index contributed by atoms with van der Waals surface area (Å²) >= 11 is 1.40. The summed E-state index contributed by atoms with van der Waals surface area (Å²) in [4.78, 5) is 48.5. The Kier molecular flexibility index (Phi) is 3.06. The second-order valence-corrected chi connectivity index (χ2v) is 6.71. The predicted octanol–water partition coefficient (Wildman–Crippen LogP) is 3.38. The predicted molar refractivity (Wildman–Crippen MR) is 83.6 cm³/mol. The van der Waals surface area contributed by atoms with Gasteiger partial charge in [0.25, 0.3) is 0 Å². The van der Waals surface area contributed by atoms with Crippen molar-refractivity contribution in [3.05, 3.63) is 58.7 Å².